The number of fused-ring (bicyclic) bond motifs is 2. The molecule has 4 unspecified atom stereocenters. The van der Waals surface area contributed by atoms with Crippen molar-refractivity contribution in [2.24, 2.45) is 17.8 Å². The Morgan fingerprint density at radius 2 is 2.11 bits per heavy atom. The quantitative estimate of drug-likeness (QED) is 0.840. The SMILES string of the molecule is O=C(O)CCC1C2C=CC(C2)C1c1cccc(F)c1. The second kappa shape index (κ2) is 4.80. The van der Waals surface area contributed by atoms with Crippen molar-refractivity contribution in [3.63, 3.8) is 0 Å². The van der Waals surface area contributed by atoms with Gasteiger partial charge in [-0.25, -0.2) is 4.39 Å². The van der Waals surface area contributed by atoms with E-state index in [2.05, 4.69) is 12.2 Å². The highest BCUT2D eigenvalue weighted by atomic mass is 19.1. The standard InChI is InChI=1S/C16H17FO2/c17-13-3-1-2-11(9-13)16-12-5-4-10(8-12)14(16)6-7-15(18)19/h1-5,9-10,12,14,16H,6-8H2,(H,18,19). The van der Waals surface area contributed by atoms with Crippen LogP contribution in [0.4, 0.5) is 4.39 Å². The zero-order chi connectivity index (χ0) is 13.4. The van der Waals surface area contributed by atoms with E-state index in [4.69, 9.17) is 5.11 Å². The van der Waals surface area contributed by atoms with Crippen molar-refractivity contribution in [1.82, 2.24) is 0 Å². The van der Waals surface area contributed by atoms with Gasteiger partial charge in [-0.05, 0) is 54.2 Å². The molecular formula is C16H17FO2. The Balaban J connectivity index is 1.85. The van der Waals surface area contributed by atoms with Crippen molar-refractivity contribution in [2.45, 2.75) is 25.2 Å². The molecule has 0 spiro atoms. The number of rotatable bonds is 4. The summed E-state index contributed by atoms with van der Waals surface area (Å²) in [6.07, 6.45) is 6.41. The van der Waals surface area contributed by atoms with Crippen molar-refractivity contribution >= 4 is 5.97 Å². The van der Waals surface area contributed by atoms with Crippen LogP contribution in [0.15, 0.2) is 36.4 Å². The Morgan fingerprint density at radius 3 is 2.84 bits per heavy atom. The molecule has 2 aliphatic carbocycles. The van der Waals surface area contributed by atoms with Crippen LogP contribution in [-0.4, -0.2) is 11.1 Å². The molecule has 19 heavy (non-hydrogen) atoms. The summed E-state index contributed by atoms with van der Waals surface area (Å²) >= 11 is 0. The van der Waals surface area contributed by atoms with Gasteiger partial charge in [-0.2, -0.15) is 0 Å². The van der Waals surface area contributed by atoms with E-state index in [1.165, 1.54) is 6.07 Å². The molecule has 3 rings (SSSR count). The number of hydrogen-bond donors (Lipinski definition) is 1. The topological polar surface area (TPSA) is 37.3 Å². The molecule has 1 saturated carbocycles. The van der Waals surface area contributed by atoms with Crippen LogP contribution in [0.2, 0.25) is 0 Å². The summed E-state index contributed by atoms with van der Waals surface area (Å²) in [7, 11) is 0. The first kappa shape index (κ1) is 12.4. The molecule has 100 valence electrons. The second-order valence-electron chi connectivity index (χ2n) is 5.63. The highest BCUT2D eigenvalue weighted by molar-refractivity contribution is 5.66. The number of allylic oxidation sites excluding steroid dienone is 2. The molecular weight excluding hydrogens is 243 g/mol. The largest absolute Gasteiger partial charge is 0.481 e. The van der Waals surface area contributed by atoms with Gasteiger partial charge in [0.2, 0.25) is 0 Å². The minimum absolute atomic E-state index is 0.202. The lowest BCUT2D eigenvalue weighted by Crippen LogP contribution is -2.19. The molecule has 0 amide bonds. The minimum atomic E-state index is -0.746. The van der Waals surface area contributed by atoms with Gasteiger partial charge in [0.1, 0.15) is 5.82 Å². The van der Waals surface area contributed by atoms with Crippen LogP contribution in [0.1, 0.15) is 30.7 Å². The lowest BCUT2D eigenvalue weighted by Gasteiger charge is -2.28. The molecule has 0 radical (unpaired) electrons. The minimum Gasteiger partial charge on any atom is -0.481 e. The van der Waals surface area contributed by atoms with E-state index in [1.807, 2.05) is 6.07 Å². The monoisotopic (exact) mass is 260 g/mol. The maximum absolute atomic E-state index is 13.4. The highest BCUT2D eigenvalue weighted by Crippen LogP contribution is 2.54. The lowest BCUT2D eigenvalue weighted by molar-refractivity contribution is -0.137. The molecule has 0 aromatic heterocycles. The third kappa shape index (κ3) is 2.29. The Morgan fingerprint density at radius 1 is 1.32 bits per heavy atom. The van der Waals surface area contributed by atoms with Gasteiger partial charge in [-0.3, -0.25) is 4.79 Å². The average molecular weight is 260 g/mol. The Hall–Kier alpha value is -1.64. The van der Waals surface area contributed by atoms with E-state index in [9.17, 15) is 9.18 Å². The normalized spacial score (nSPS) is 31.8. The van der Waals surface area contributed by atoms with Crippen molar-refractivity contribution < 1.29 is 14.3 Å². The maximum Gasteiger partial charge on any atom is 0.303 e. The fraction of sp³-hybridized carbons (Fsp3) is 0.438. The van der Waals surface area contributed by atoms with Gasteiger partial charge in [0, 0.05) is 6.42 Å². The predicted octanol–water partition coefficient (Wildman–Crippen LogP) is 3.60. The van der Waals surface area contributed by atoms with Gasteiger partial charge in [0.05, 0.1) is 0 Å². The summed E-state index contributed by atoms with van der Waals surface area (Å²) in [6, 6.07) is 6.77. The van der Waals surface area contributed by atoms with Crippen molar-refractivity contribution in [3.8, 4) is 0 Å². The molecule has 2 aliphatic rings. The number of hydrogen-bond acceptors (Lipinski definition) is 1. The molecule has 2 bridgehead atoms. The third-order valence-electron chi connectivity index (χ3n) is 4.55. The first-order valence-corrected chi connectivity index (χ1v) is 6.81. The summed E-state index contributed by atoms with van der Waals surface area (Å²) < 4.78 is 13.4. The molecule has 0 aliphatic heterocycles. The summed E-state index contributed by atoms with van der Waals surface area (Å²) in [5, 5.41) is 8.87. The van der Waals surface area contributed by atoms with Gasteiger partial charge in [-0.1, -0.05) is 24.3 Å². The zero-order valence-corrected chi connectivity index (χ0v) is 10.6. The van der Waals surface area contributed by atoms with Gasteiger partial charge in [0.25, 0.3) is 0 Å². The lowest BCUT2D eigenvalue weighted by atomic mass is 9.76. The van der Waals surface area contributed by atoms with Crippen LogP contribution >= 0.6 is 0 Å². The van der Waals surface area contributed by atoms with E-state index in [0.29, 0.717) is 24.2 Å². The average Bonchev–Trinajstić information content (AvgIpc) is 2.96. The van der Waals surface area contributed by atoms with Crippen LogP contribution in [0.25, 0.3) is 0 Å². The smallest absolute Gasteiger partial charge is 0.303 e. The molecule has 4 atom stereocenters. The predicted molar refractivity (Wildman–Crippen MR) is 70.2 cm³/mol. The number of carboxylic acids is 1. The summed E-state index contributed by atoms with van der Waals surface area (Å²) in [5.74, 6) is 0.590. The molecule has 3 heteroatoms. The highest BCUT2D eigenvalue weighted by Gasteiger charge is 2.44. The fourth-order valence-electron chi connectivity index (χ4n) is 3.82. The molecule has 1 fully saturated rings. The van der Waals surface area contributed by atoms with E-state index in [-0.39, 0.29) is 18.2 Å². The van der Waals surface area contributed by atoms with Gasteiger partial charge >= 0.3 is 5.97 Å². The molecule has 1 N–H and O–H groups in total. The van der Waals surface area contributed by atoms with Crippen molar-refractivity contribution in [1.29, 1.82) is 0 Å². The van der Waals surface area contributed by atoms with Crippen LogP contribution in [0.3, 0.4) is 0 Å². The Labute approximate surface area is 112 Å². The van der Waals surface area contributed by atoms with Gasteiger partial charge in [-0.15, -0.1) is 0 Å². The molecule has 2 nitrogen and oxygen atoms in total. The number of aliphatic carboxylic acids is 1. The van der Waals surface area contributed by atoms with Gasteiger partial charge in [0.15, 0.2) is 0 Å². The zero-order valence-electron chi connectivity index (χ0n) is 10.6. The summed E-state index contributed by atoms with van der Waals surface area (Å²) in [4.78, 5) is 10.8. The molecule has 1 aromatic rings. The number of carbonyl (C=O) groups is 1. The first-order valence-electron chi connectivity index (χ1n) is 6.81. The number of halogens is 1. The fourth-order valence-corrected chi connectivity index (χ4v) is 3.82. The molecule has 0 saturated heterocycles. The third-order valence-corrected chi connectivity index (χ3v) is 4.55. The van der Waals surface area contributed by atoms with E-state index < -0.39 is 5.97 Å². The maximum atomic E-state index is 13.4. The van der Waals surface area contributed by atoms with Crippen LogP contribution in [0.5, 0.6) is 0 Å². The Kier molecular flexibility index (Phi) is 3.13. The van der Waals surface area contributed by atoms with E-state index in [1.54, 1.807) is 12.1 Å². The molecule has 0 heterocycles. The van der Waals surface area contributed by atoms with Gasteiger partial charge < -0.3 is 5.11 Å². The number of carboxylic acid groups (broad SMARTS) is 1. The summed E-state index contributed by atoms with van der Waals surface area (Å²) in [6.45, 7) is 0. The summed E-state index contributed by atoms with van der Waals surface area (Å²) in [5.41, 5.74) is 1.02. The van der Waals surface area contributed by atoms with Crippen LogP contribution in [0, 0.1) is 23.6 Å². The van der Waals surface area contributed by atoms with Crippen molar-refractivity contribution in [3.05, 3.63) is 47.8 Å². The van der Waals surface area contributed by atoms with Crippen molar-refractivity contribution in [2.75, 3.05) is 0 Å². The van der Waals surface area contributed by atoms with Crippen LogP contribution in [-0.2, 0) is 4.79 Å². The van der Waals surface area contributed by atoms with E-state index in [0.717, 1.165) is 12.0 Å². The second-order valence-corrected chi connectivity index (χ2v) is 5.63. The Bertz CT molecular complexity index is 523. The number of benzene rings is 1. The molecule has 1 aromatic carbocycles. The van der Waals surface area contributed by atoms with Crippen LogP contribution < -0.4 is 0 Å². The first-order chi connectivity index (χ1) is 9.15. The van der Waals surface area contributed by atoms with E-state index >= 15 is 0 Å².